The molecule has 8 heteroatoms. The summed E-state index contributed by atoms with van der Waals surface area (Å²) in [7, 11) is 0. The normalized spacial score (nSPS) is 29.5. The minimum absolute atomic E-state index is 0.106. The summed E-state index contributed by atoms with van der Waals surface area (Å²) in [6.45, 7) is 2.42. The Balaban J connectivity index is 1.28. The van der Waals surface area contributed by atoms with Crippen LogP contribution in [-0.4, -0.2) is 53.0 Å². The van der Waals surface area contributed by atoms with Gasteiger partial charge in [-0.3, -0.25) is 14.4 Å². The van der Waals surface area contributed by atoms with Gasteiger partial charge in [0.15, 0.2) is 0 Å². The first-order chi connectivity index (χ1) is 18.9. The highest BCUT2D eigenvalue weighted by atomic mass is 79.9. The second kappa shape index (κ2) is 10.5. The van der Waals surface area contributed by atoms with Gasteiger partial charge in [-0.25, -0.2) is 0 Å². The average molecular weight is 593 g/mol. The summed E-state index contributed by atoms with van der Waals surface area (Å²) < 4.78 is 7.37. The summed E-state index contributed by atoms with van der Waals surface area (Å²) in [5, 5.41) is 6.21. The van der Waals surface area contributed by atoms with Gasteiger partial charge in [0.05, 0.1) is 17.9 Å². The predicted molar refractivity (Wildman–Crippen MR) is 152 cm³/mol. The van der Waals surface area contributed by atoms with Gasteiger partial charge in [-0.2, -0.15) is 0 Å². The maximum Gasteiger partial charge on any atom is 0.246 e. The highest BCUT2D eigenvalue weighted by Crippen LogP contribution is 2.55. The number of fused-ring (bicyclic) bond motifs is 1. The molecule has 2 N–H and O–H groups in total. The molecule has 2 bridgehead atoms. The maximum absolute atomic E-state index is 14.1. The van der Waals surface area contributed by atoms with Crippen LogP contribution >= 0.6 is 15.9 Å². The van der Waals surface area contributed by atoms with Crippen LogP contribution in [0.1, 0.15) is 43.2 Å². The number of aryl methyl sites for hydroxylation is 1. The van der Waals surface area contributed by atoms with Gasteiger partial charge in [-0.15, -0.1) is 0 Å². The molecule has 2 saturated heterocycles. The molecule has 3 heterocycles. The van der Waals surface area contributed by atoms with Crippen LogP contribution in [0, 0.1) is 18.8 Å². The fraction of sp³-hybridized carbons (Fsp3) is 0.452. The zero-order chi connectivity index (χ0) is 27.1. The molecule has 1 saturated carbocycles. The first-order valence-electron chi connectivity index (χ1n) is 14.0. The van der Waals surface area contributed by atoms with E-state index in [1.807, 2.05) is 43.3 Å². The zero-order valence-electron chi connectivity index (χ0n) is 22.1. The summed E-state index contributed by atoms with van der Waals surface area (Å²) in [4.78, 5) is 43.3. The monoisotopic (exact) mass is 591 g/mol. The van der Waals surface area contributed by atoms with Crippen molar-refractivity contribution in [2.75, 3.05) is 11.9 Å². The average Bonchev–Trinajstić information content (AvgIpc) is 3.57. The Hall–Kier alpha value is -2.97. The molecule has 204 valence electrons. The number of hydrogen-bond acceptors (Lipinski definition) is 4. The SMILES string of the molecule is Cc1ccc(CCN2C(=O)[C@@H]3[C@H](C(=O)Nc4ccc(Br)cc4)[C@@H]4C=C[C@@]3(O4)[C@H]2C(=O)NC2CCCCC2)cc1. The van der Waals surface area contributed by atoms with Gasteiger partial charge in [0.25, 0.3) is 0 Å². The minimum atomic E-state index is -1.14. The largest absolute Gasteiger partial charge is 0.359 e. The third-order valence-electron chi connectivity index (χ3n) is 8.75. The number of carbonyl (C=O) groups is 3. The molecule has 0 aromatic heterocycles. The number of nitrogens with zero attached hydrogens (tertiary/aromatic N) is 1. The number of carbonyl (C=O) groups excluding carboxylic acids is 3. The van der Waals surface area contributed by atoms with Crippen LogP contribution in [0.3, 0.4) is 0 Å². The van der Waals surface area contributed by atoms with Crippen molar-refractivity contribution in [3.63, 3.8) is 0 Å². The third-order valence-corrected chi connectivity index (χ3v) is 9.28. The van der Waals surface area contributed by atoms with Gasteiger partial charge >= 0.3 is 0 Å². The molecule has 5 atom stereocenters. The first kappa shape index (κ1) is 26.3. The third kappa shape index (κ3) is 4.82. The Morgan fingerprint density at radius 3 is 2.46 bits per heavy atom. The Morgan fingerprint density at radius 2 is 1.74 bits per heavy atom. The molecule has 6 rings (SSSR count). The van der Waals surface area contributed by atoms with Crippen LogP contribution in [0.25, 0.3) is 0 Å². The first-order valence-corrected chi connectivity index (χ1v) is 14.7. The number of hydrogen-bond donors (Lipinski definition) is 2. The van der Waals surface area contributed by atoms with Crippen molar-refractivity contribution in [3.8, 4) is 0 Å². The van der Waals surface area contributed by atoms with E-state index in [4.69, 9.17) is 4.74 Å². The molecule has 3 amide bonds. The van der Waals surface area contributed by atoms with Gasteiger partial charge in [0, 0.05) is 22.7 Å². The molecular weight excluding hydrogens is 558 g/mol. The van der Waals surface area contributed by atoms with Crippen LogP contribution in [0.5, 0.6) is 0 Å². The summed E-state index contributed by atoms with van der Waals surface area (Å²) >= 11 is 3.42. The molecule has 0 radical (unpaired) electrons. The molecule has 2 aromatic rings. The van der Waals surface area contributed by atoms with Gasteiger partial charge in [0.1, 0.15) is 11.6 Å². The molecule has 1 spiro atoms. The molecule has 0 unspecified atom stereocenters. The fourth-order valence-electron chi connectivity index (χ4n) is 6.80. The Morgan fingerprint density at radius 1 is 1.03 bits per heavy atom. The molecule has 3 fully saturated rings. The second-order valence-corrected chi connectivity index (χ2v) is 12.2. The number of amides is 3. The van der Waals surface area contributed by atoms with Gasteiger partial charge in [-0.1, -0.05) is 77.2 Å². The lowest BCUT2D eigenvalue weighted by Gasteiger charge is -2.34. The van der Waals surface area contributed by atoms with Crippen LogP contribution in [0.4, 0.5) is 5.69 Å². The van der Waals surface area contributed by atoms with Crippen LogP contribution in [-0.2, 0) is 25.5 Å². The van der Waals surface area contributed by atoms with E-state index < -0.39 is 29.6 Å². The quantitative estimate of drug-likeness (QED) is 0.463. The van der Waals surface area contributed by atoms with Crippen LogP contribution < -0.4 is 10.6 Å². The van der Waals surface area contributed by atoms with E-state index in [9.17, 15) is 14.4 Å². The van der Waals surface area contributed by atoms with E-state index in [0.29, 0.717) is 18.7 Å². The van der Waals surface area contributed by atoms with E-state index in [1.54, 1.807) is 4.90 Å². The van der Waals surface area contributed by atoms with Crippen molar-refractivity contribution >= 4 is 39.3 Å². The molecule has 1 aliphatic carbocycles. The number of halogens is 1. The number of rotatable bonds is 7. The van der Waals surface area contributed by atoms with Crippen molar-refractivity contribution in [1.29, 1.82) is 0 Å². The number of ether oxygens (including phenoxy) is 1. The molecule has 3 aliphatic heterocycles. The summed E-state index contributed by atoms with van der Waals surface area (Å²) in [5.74, 6) is -2.09. The summed E-state index contributed by atoms with van der Waals surface area (Å²) in [6.07, 6.45) is 9.08. The number of likely N-dealkylation sites (tertiary alicyclic amines) is 1. The van der Waals surface area contributed by atoms with E-state index in [1.165, 1.54) is 12.0 Å². The van der Waals surface area contributed by atoms with Crippen molar-refractivity contribution < 1.29 is 19.1 Å². The lowest BCUT2D eigenvalue weighted by molar-refractivity contribution is -0.141. The van der Waals surface area contributed by atoms with E-state index in [0.717, 1.165) is 35.7 Å². The van der Waals surface area contributed by atoms with Crippen molar-refractivity contribution in [2.45, 2.75) is 69.2 Å². The van der Waals surface area contributed by atoms with Gasteiger partial charge in [0.2, 0.25) is 17.7 Å². The molecule has 7 nitrogen and oxygen atoms in total. The molecular formula is C31H34BrN3O4. The van der Waals surface area contributed by atoms with Gasteiger partial charge in [-0.05, 0) is 56.0 Å². The number of anilines is 1. The van der Waals surface area contributed by atoms with E-state index in [2.05, 4.69) is 50.8 Å². The lowest BCUT2D eigenvalue weighted by atomic mass is 9.74. The van der Waals surface area contributed by atoms with Crippen molar-refractivity contribution in [3.05, 3.63) is 76.3 Å². The molecule has 39 heavy (non-hydrogen) atoms. The smallest absolute Gasteiger partial charge is 0.246 e. The van der Waals surface area contributed by atoms with E-state index >= 15 is 0 Å². The number of nitrogens with one attached hydrogen (secondary N) is 2. The van der Waals surface area contributed by atoms with Crippen molar-refractivity contribution in [1.82, 2.24) is 10.2 Å². The summed E-state index contributed by atoms with van der Waals surface area (Å²) in [5.41, 5.74) is 1.77. The summed E-state index contributed by atoms with van der Waals surface area (Å²) in [6, 6.07) is 14.9. The Labute approximate surface area is 237 Å². The standard InChI is InChI=1S/C31H34BrN3O4/c1-19-7-9-20(10-8-19)16-18-35-27(29(37)34-22-5-3-2-4-6-22)31-17-15-24(39-31)25(26(31)30(35)38)28(36)33-23-13-11-21(32)12-14-23/h7-15,17,22,24-27H,2-6,16,18H2,1H3,(H,33,36)(H,34,37)/t24-,25+,26-,27+,31-/m0/s1. The highest BCUT2D eigenvalue weighted by Gasteiger charge is 2.72. The predicted octanol–water partition coefficient (Wildman–Crippen LogP) is 4.54. The van der Waals surface area contributed by atoms with Crippen LogP contribution in [0.2, 0.25) is 0 Å². The highest BCUT2D eigenvalue weighted by molar-refractivity contribution is 9.10. The molecule has 2 aromatic carbocycles. The Bertz CT molecular complexity index is 1290. The maximum atomic E-state index is 14.1. The Kier molecular flexibility index (Phi) is 7.10. The lowest BCUT2D eigenvalue weighted by Crippen LogP contribution is -2.56. The van der Waals surface area contributed by atoms with Gasteiger partial charge < -0.3 is 20.3 Å². The zero-order valence-corrected chi connectivity index (χ0v) is 23.7. The fourth-order valence-corrected chi connectivity index (χ4v) is 7.06. The topological polar surface area (TPSA) is 87.7 Å². The minimum Gasteiger partial charge on any atom is -0.359 e. The van der Waals surface area contributed by atoms with Crippen molar-refractivity contribution in [2.24, 2.45) is 11.8 Å². The second-order valence-electron chi connectivity index (χ2n) is 11.3. The number of benzene rings is 2. The van der Waals surface area contributed by atoms with E-state index in [-0.39, 0.29) is 23.8 Å². The van der Waals surface area contributed by atoms with Crippen LogP contribution in [0.15, 0.2) is 65.2 Å². The molecule has 4 aliphatic rings.